The van der Waals surface area contributed by atoms with Gasteiger partial charge in [-0.2, -0.15) is 23.7 Å². The number of rotatable bonds is 5. The molecule has 338 valence electrons. The third-order valence-corrected chi connectivity index (χ3v) is 14.4. The molecule has 0 aliphatic carbocycles. The largest absolute Gasteiger partial charge is 0.416 e. The first-order valence-electron chi connectivity index (χ1n) is 23.5. The molecule has 0 saturated heterocycles. The Morgan fingerprint density at radius 2 is 0.764 bits per heavy atom. The van der Waals surface area contributed by atoms with Crippen LogP contribution in [0.15, 0.2) is 212 Å². The second kappa shape index (κ2) is 15.3. The highest BCUT2D eigenvalue weighted by molar-refractivity contribution is 6.26. The molecule has 4 heterocycles. The maximum atomic E-state index is 14.9. The fourth-order valence-electron chi connectivity index (χ4n) is 11.5. The SMILES string of the molecule is N#Cc1cc(-c2ccc(-n3c4ccccc4c4ccc5c6ccccc6n(-c6ccccc6)c5c43)c(C#N)c2-n2c3ccccc3c3ccc4c5ccccc5n(-c5ccccc5)c4c32)cc(C(F)(F)F)c1. The normalized spacial score (nSPS) is 12.1. The van der Waals surface area contributed by atoms with Crippen molar-refractivity contribution >= 4 is 87.2 Å². The third-order valence-electron chi connectivity index (χ3n) is 14.4. The van der Waals surface area contributed by atoms with Crippen LogP contribution >= 0.6 is 0 Å². The number of hydrogen-bond acceptors (Lipinski definition) is 2. The van der Waals surface area contributed by atoms with Crippen molar-refractivity contribution in [1.29, 1.82) is 10.5 Å². The molecule has 10 aromatic carbocycles. The second-order valence-corrected chi connectivity index (χ2v) is 18.2. The summed E-state index contributed by atoms with van der Waals surface area (Å²) in [5.74, 6) is 0. The van der Waals surface area contributed by atoms with Gasteiger partial charge in [0.1, 0.15) is 11.6 Å². The Hall–Kier alpha value is -9.83. The molecule has 0 fully saturated rings. The van der Waals surface area contributed by atoms with Crippen molar-refractivity contribution < 1.29 is 13.2 Å². The first kappa shape index (κ1) is 41.2. The lowest BCUT2D eigenvalue weighted by atomic mass is 9.95. The van der Waals surface area contributed by atoms with Gasteiger partial charge in [-0.15, -0.1) is 0 Å². The van der Waals surface area contributed by atoms with E-state index < -0.39 is 11.7 Å². The van der Waals surface area contributed by atoms with E-state index in [1.807, 2.05) is 109 Å². The van der Waals surface area contributed by atoms with E-state index >= 15 is 0 Å². The molecule has 14 aromatic rings. The minimum absolute atomic E-state index is 0.148. The van der Waals surface area contributed by atoms with Gasteiger partial charge in [0.15, 0.2) is 0 Å². The highest BCUT2D eigenvalue weighted by atomic mass is 19.4. The Morgan fingerprint density at radius 1 is 0.361 bits per heavy atom. The monoisotopic (exact) mass is 932 g/mol. The van der Waals surface area contributed by atoms with Gasteiger partial charge in [-0.1, -0.05) is 140 Å². The van der Waals surface area contributed by atoms with Crippen LogP contribution < -0.4 is 0 Å². The van der Waals surface area contributed by atoms with Crippen molar-refractivity contribution in [2.45, 2.75) is 6.18 Å². The lowest BCUT2D eigenvalue weighted by molar-refractivity contribution is -0.137. The Morgan fingerprint density at radius 3 is 1.21 bits per heavy atom. The average Bonchev–Trinajstić information content (AvgIpc) is 4.15. The van der Waals surface area contributed by atoms with Gasteiger partial charge in [0.2, 0.25) is 0 Å². The molecule has 0 atom stereocenters. The van der Waals surface area contributed by atoms with Gasteiger partial charge in [-0.25, -0.2) is 0 Å². The molecule has 14 rings (SSSR count). The number of nitriles is 2. The van der Waals surface area contributed by atoms with E-state index in [9.17, 15) is 23.7 Å². The van der Waals surface area contributed by atoms with Crippen molar-refractivity contribution in [3.8, 4) is 46.0 Å². The molecule has 9 heteroatoms. The van der Waals surface area contributed by atoms with Crippen LogP contribution in [-0.4, -0.2) is 18.3 Å². The Labute approximate surface area is 408 Å². The highest BCUT2D eigenvalue weighted by Crippen LogP contribution is 2.48. The van der Waals surface area contributed by atoms with Gasteiger partial charge in [-0.3, -0.25) is 0 Å². The molecule has 0 N–H and O–H groups in total. The topological polar surface area (TPSA) is 67.3 Å². The van der Waals surface area contributed by atoms with Crippen molar-refractivity contribution in [2.75, 3.05) is 0 Å². The summed E-state index contributed by atoms with van der Waals surface area (Å²) in [6, 6.07) is 73.4. The maximum Gasteiger partial charge on any atom is 0.416 e. The first-order chi connectivity index (χ1) is 35.3. The molecule has 4 aromatic heterocycles. The molecule has 72 heavy (non-hydrogen) atoms. The fourth-order valence-corrected chi connectivity index (χ4v) is 11.5. The van der Waals surface area contributed by atoms with E-state index in [0.717, 1.165) is 111 Å². The van der Waals surface area contributed by atoms with Crippen LogP contribution in [-0.2, 0) is 6.18 Å². The third kappa shape index (κ3) is 5.76. The smallest absolute Gasteiger partial charge is 0.307 e. The van der Waals surface area contributed by atoms with Gasteiger partial charge < -0.3 is 18.3 Å². The summed E-state index contributed by atoms with van der Waals surface area (Å²) in [6.45, 7) is 0. The lowest BCUT2D eigenvalue weighted by Gasteiger charge is -2.21. The summed E-state index contributed by atoms with van der Waals surface area (Å²) in [4.78, 5) is 0. The van der Waals surface area contributed by atoms with E-state index in [2.05, 4.69) is 115 Å². The van der Waals surface area contributed by atoms with E-state index in [-0.39, 0.29) is 16.7 Å². The van der Waals surface area contributed by atoms with E-state index in [4.69, 9.17) is 0 Å². The summed E-state index contributed by atoms with van der Waals surface area (Å²) in [6.07, 6.45) is -4.76. The number of para-hydroxylation sites is 6. The average molecular weight is 933 g/mol. The Bertz CT molecular complexity index is 4690. The number of alkyl halides is 3. The molecular formula is C63H35F3N6. The van der Waals surface area contributed by atoms with Gasteiger partial charge >= 0.3 is 6.18 Å². The summed E-state index contributed by atoms with van der Waals surface area (Å²) in [5.41, 5.74) is 9.43. The molecule has 0 radical (unpaired) electrons. The Balaban J connectivity index is 1.22. The fraction of sp³-hybridized carbons (Fsp3) is 0.0159. The first-order valence-corrected chi connectivity index (χ1v) is 23.5. The standard InChI is InChI=1S/C63H35F3N6/c64-63(65,66)40-34-38(36-67)33-39(35-40)43-31-32-57(71-55-25-13-9-21-46(55)50-29-27-48-44-19-7-11-23-53(44)69(59(48)61(50)71)41-15-3-1-4-16-41)52(37-68)58(43)72-56-26-14-10-22-47(56)51-30-28-49-45-20-8-12-24-54(45)70(60(49)62(51)72)42-17-5-2-6-18-42/h1-35H. The zero-order valence-electron chi connectivity index (χ0n) is 38.0. The minimum atomic E-state index is -4.76. The molecule has 0 unspecified atom stereocenters. The number of aromatic nitrogens is 4. The predicted octanol–water partition coefficient (Wildman–Crippen LogP) is 16.5. The van der Waals surface area contributed by atoms with Crippen molar-refractivity contribution in [1.82, 2.24) is 18.3 Å². The van der Waals surface area contributed by atoms with Gasteiger partial charge in [0, 0.05) is 60.0 Å². The molecule has 0 amide bonds. The molecule has 0 bridgehead atoms. The van der Waals surface area contributed by atoms with Gasteiger partial charge in [0.25, 0.3) is 0 Å². The molecular weight excluding hydrogens is 898 g/mol. The molecule has 0 saturated carbocycles. The minimum Gasteiger partial charge on any atom is -0.307 e. The van der Waals surface area contributed by atoms with Crippen LogP contribution in [0.2, 0.25) is 0 Å². The number of hydrogen-bond donors (Lipinski definition) is 0. The van der Waals surface area contributed by atoms with Crippen LogP contribution in [0.3, 0.4) is 0 Å². The number of halogens is 3. The summed E-state index contributed by atoms with van der Waals surface area (Å²) >= 11 is 0. The molecule has 0 spiro atoms. The van der Waals surface area contributed by atoms with Crippen LogP contribution in [0.5, 0.6) is 0 Å². The summed E-state index contributed by atoms with van der Waals surface area (Å²) in [7, 11) is 0. The van der Waals surface area contributed by atoms with Crippen LogP contribution in [0, 0.1) is 22.7 Å². The predicted molar refractivity (Wildman–Crippen MR) is 284 cm³/mol. The number of benzene rings is 10. The second-order valence-electron chi connectivity index (χ2n) is 18.2. The van der Waals surface area contributed by atoms with Crippen LogP contribution in [0.25, 0.3) is 121 Å². The van der Waals surface area contributed by atoms with Crippen molar-refractivity contribution in [3.05, 3.63) is 229 Å². The van der Waals surface area contributed by atoms with Crippen LogP contribution in [0.4, 0.5) is 13.2 Å². The van der Waals surface area contributed by atoms with E-state index in [1.54, 1.807) is 0 Å². The van der Waals surface area contributed by atoms with Crippen molar-refractivity contribution in [3.63, 3.8) is 0 Å². The Kier molecular flexibility index (Phi) is 8.77. The van der Waals surface area contributed by atoms with Gasteiger partial charge in [-0.05, 0) is 78.4 Å². The van der Waals surface area contributed by atoms with Crippen LogP contribution in [0.1, 0.15) is 16.7 Å². The lowest BCUT2D eigenvalue weighted by Crippen LogP contribution is -2.09. The summed E-state index contributed by atoms with van der Waals surface area (Å²) < 4.78 is 53.6. The summed E-state index contributed by atoms with van der Waals surface area (Å²) in [5, 5.41) is 30.2. The van der Waals surface area contributed by atoms with E-state index in [0.29, 0.717) is 16.9 Å². The molecule has 0 aliphatic heterocycles. The zero-order chi connectivity index (χ0) is 48.4. The zero-order valence-corrected chi connectivity index (χ0v) is 38.0. The highest BCUT2D eigenvalue weighted by Gasteiger charge is 2.33. The number of nitrogens with zero attached hydrogens (tertiary/aromatic N) is 6. The van der Waals surface area contributed by atoms with Gasteiger partial charge in [0.05, 0.1) is 72.7 Å². The van der Waals surface area contributed by atoms with E-state index in [1.165, 1.54) is 6.07 Å². The quantitative estimate of drug-likeness (QED) is 0.173. The number of fused-ring (bicyclic) bond motifs is 14. The molecule has 6 nitrogen and oxygen atoms in total. The molecule has 0 aliphatic rings. The maximum absolute atomic E-state index is 14.9. The van der Waals surface area contributed by atoms with Crippen molar-refractivity contribution in [2.24, 2.45) is 0 Å².